The number of nitrogens with one attached hydrogen (secondary N) is 1. The van der Waals surface area contributed by atoms with Crippen molar-refractivity contribution in [2.45, 2.75) is 38.3 Å². The molecule has 84 valence electrons. The molecule has 1 aromatic rings. The van der Waals surface area contributed by atoms with Crippen LogP contribution in [0.1, 0.15) is 35.1 Å². The maximum absolute atomic E-state index is 5.68. The lowest BCUT2D eigenvalue weighted by Gasteiger charge is -2.18. The molecule has 1 fully saturated rings. The van der Waals surface area contributed by atoms with Crippen molar-refractivity contribution in [1.29, 1.82) is 0 Å². The molecular formula is C12H19NOS. The summed E-state index contributed by atoms with van der Waals surface area (Å²) < 4.78 is 5.68. The van der Waals surface area contributed by atoms with Crippen LogP contribution in [-0.2, 0) is 4.74 Å². The first-order valence-electron chi connectivity index (χ1n) is 5.65. The van der Waals surface area contributed by atoms with E-state index in [0.717, 1.165) is 13.0 Å². The van der Waals surface area contributed by atoms with Crippen molar-refractivity contribution < 1.29 is 4.74 Å². The van der Waals surface area contributed by atoms with E-state index >= 15 is 0 Å². The van der Waals surface area contributed by atoms with Gasteiger partial charge in [0.15, 0.2) is 0 Å². The van der Waals surface area contributed by atoms with E-state index in [1.807, 2.05) is 18.4 Å². The monoisotopic (exact) mass is 225 g/mol. The van der Waals surface area contributed by atoms with E-state index in [2.05, 4.69) is 24.4 Å². The minimum atomic E-state index is 0.463. The van der Waals surface area contributed by atoms with Crippen LogP contribution >= 0.6 is 11.3 Å². The van der Waals surface area contributed by atoms with Gasteiger partial charge in [-0.25, -0.2) is 0 Å². The van der Waals surface area contributed by atoms with Gasteiger partial charge in [0.1, 0.15) is 0 Å². The highest BCUT2D eigenvalue weighted by Crippen LogP contribution is 2.29. The van der Waals surface area contributed by atoms with Gasteiger partial charge in [0.05, 0.1) is 6.10 Å². The van der Waals surface area contributed by atoms with Gasteiger partial charge in [-0.3, -0.25) is 0 Å². The Morgan fingerprint density at radius 2 is 2.47 bits per heavy atom. The number of hydrogen-bond donors (Lipinski definition) is 1. The van der Waals surface area contributed by atoms with Gasteiger partial charge >= 0.3 is 0 Å². The molecule has 0 spiro atoms. The lowest BCUT2D eigenvalue weighted by Crippen LogP contribution is -2.21. The van der Waals surface area contributed by atoms with Gasteiger partial charge in [-0.15, -0.1) is 11.3 Å². The van der Waals surface area contributed by atoms with Crippen molar-refractivity contribution >= 4 is 11.3 Å². The summed E-state index contributed by atoms with van der Waals surface area (Å²) in [6, 6.07) is 4.89. The average Bonchev–Trinajstić information content (AvgIpc) is 2.85. The van der Waals surface area contributed by atoms with Crippen LogP contribution < -0.4 is 5.32 Å². The molecule has 1 saturated heterocycles. The van der Waals surface area contributed by atoms with Crippen molar-refractivity contribution in [1.82, 2.24) is 5.32 Å². The summed E-state index contributed by atoms with van der Waals surface area (Å²) in [4.78, 5) is 2.82. The Morgan fingerprint density at radius 1 is 1.60 bits per heavy atom. The first-order chi connectivity index (χ1) is 7.29. The Morgan fingerprint density at radius 3 is 3.00 bits per heavy atom. The molecule has 0 amide bonds. The van der Waals surface area contributed by atoms with Gasteiger partial charge in [-0.05, 0) is 45.4 Å². The lowest BCUT2D eigenvalue weighted by molar-refractivity contribution is 0.0957. The molecule has 2 unspecified atom stereocenters. The summed E-state index contributed by atoms with van der Waals surface area (Å²) in [5.74, 6) is 0. The molecule has 0 radical (unpaired) electrons. The van der Waals surface area contributed by atoms with Gasteiger partial charge in [-0.1, -0.05) is 0 Å². The van der Waals surface area contributed by atoms with Crippen LogP contribution in [0.4, 0.5) is 0 Å². The molecule has 3 heteroatoms. The molecule has 1 aliphatic rings. The molecule has 0 bridgehead atoms. The first kappa shape index (κ1) is 11.1. The molecule has 2 rings (SSSR count). The van der Waals surface area contributed by atoms with Gasteiger partial charge in [0, 0.05) is 22.4 Å². The van der Waals surface area contributed by atoms with Crippen molar-refractivity contribution in [3.8, 4) is 0 Å². The molecule has 0 aliphatic carbocycles. The smallest absolute Gasteiger partial charge is 0.0594 e. The van der Waals surface area contributed by atoms with E-state index < -0.39 is 0 Å². The minimum absolute atomic E-state index is 0.463. The zero-order chi connectivity index (χ0) is 10.7. The molecule has 2 heterocycles. The highest BCUT2D eigenvalue weighted by Gasteiger charge is 2.21. The Hall–Kier alpha value is -0.380. The maximum atomic E-state index is 5.68. The van der Waals surface area contributed by atoms with Gasteiger partial charge in [-0.2, -0.15) is 0 Å². The van der Waals surface area contributed by atoms with Crippen LogP contribution in [-0.4, -0.2) is 19.8 Å². The van der Waals surface area contributed by atoms with E-state index in [-0.39, 0.29) is 0 Å². The van der Waals surface area contributed by atoms with Crippen LogP contribution in [0.15, 0.2) is 12.1 Å². The Balaban J connectivity index is 1.97. The third kappa shape index (κ3) is 2.80. The average molecular weight is 225 g/mol. The van der Waals surface area contributed by atoms with Crippen LogP contribution in [0.25, 0.3) is 0 Å². The molecule has 1 aliphatic heterocycles. The molecule has 1 N–H and O–H groups in total. The second-order valence-corrected chi connectivity index (χ2v) is 5.48. The fourth-order valence-corrected chi connectivity index (χ4v) is 3.11. The van der Waals surface area contributed by atoms with Crippen LogP contribution in [0.3, 0.4) is 0 Å². The predicted octanol–water partition coefficient (Wildman–Crippen LogP) is 2.89. The van der Waals surface area contributed by atoms with E-state index in [1.54, 1.807) is 0 Å². The second kappa shape index (κ2) is 5.10. The van der Waals surface area contributed by atoms with Crippen molar-refractivity contribution in [3.05, 3.63) is 21.9 Å². The minimum Gasteiger partial charge on any atom is -0.378 e. The summed E-state index contributed by atoms with van der Waals surface area (Å²) >= 11 is 1.89. The number of ether oxygens (including phenoxy) is 1. The van der Waals surface area contributed by atoms with E-state index in [1.165, 1.54) is 22.6 Å². The van der Waals surface area contributed by atoms with Gasteiger partial charge in [0.2, 0.25) is 0 Å². The van der Waals surface area contributed by atoms with Crippen molar-refractivity contribution in [2.75, 3.05) is 13.7 Å². The largest absolute Gasteiger partial charge is 0.378 e. The van der Waals surface area contributed by atoms with Crippen LogP contribution in [0, 0.1) is 6.92 Å². The molecule has 0 saturated carbocycles. The summed E-state index contributed by atoms with van der Waals surface area (Å²) in [5, 5.41) is 3.39. The highest BCUT2D eigenvalue weighted by atomic mass is 32.1. The summed E-state index contributed by atoms with van der Waals surface area (Å²) in [6.45, 7) is 3.11. The first-order valence-corrected chi connectivity index (χ1v) is 6.46. The van der Waals surface area contributed by atoms with Crippen LogP contribution in [0.2, 0.25) is 0 Å². The summed E-state index contributed by atoms with van der Waals surface area (Å²) in [7, 11) is 2.04. The number of thiophene rings is 1. The zero-order valence-corrected chi connectivity index (χ0v) is 10.3. The summed E-state index contributed by atoms with van der Waals surface area (Å²) in [5.41, 5.74) is 0. The van der Waals surface area contributed by atoms with Gasteiger partial charge in [0.25, 0.3) is 0 Å². The maximum Gasteiger partial charge on any atom is 0.0594 e. The molecule has 15 heavy (non-hydrogen) atoms. The van der Waals surface area contributed by atoms with Gasteiger partial charge < -0.3 is 10.1 Å². The molecule has 1 aromatic heterocycles. The topological polar surface area (TPSA) is 21.3 Å². The molecule has 2 nitrogen and oxygen atoms in total. The Bertz CT molecular complexity index is 304. The predicted molar refractivity (Wildman–Crippen MR) is 64.4 cm³/mol. The van der Waals surface area contributed by atoms with Crippen LogP contribution in [0.5, 0.6) is 0 Å². The third-order valence-corrected chi connectivity index (χ3v) is 4.09. The van der Waals surface area contributed by atoms with Crippen molar-refractivity contribution in [3.63, 3.8) is 0 Å². The number of rotatable bonds is 4. The lowest BCUT2D eigenvalue weighted by atomic mass is 10.1. The molecule has 2 atom stereocenters. The normalized spacial score (nSPS) is 23.2. The number of hydrogen-bond acceptors (Lipinski definition) is 3. The zero-order valence-electron chi connectivity index (χ0n) is 9.45. The fourth-order valence-electron chi connectivity index (χ4n) is 2.11. The molecule has 0 aromatic carbocycles. The fraction of sp³-hybridized carbons (Fsp3) is 0.667. The van der Waals surface area contributed by atoms with Crippen molar-refractivity contribution in [2.24, 2.45) is 0 Å². The summed E-state index contributed by atoms with van der Waals surface area (Å²) in [6.07, 6.45) is 4.02. The SMILES string of the molecule is CNC(CC1CCCO1)c1ccc(C)s1. The highest BCUT2D eigenvalue weighted by molar-refractivity contribution is 7.12. The number of aryl methyl sites for hydroxylation is 1. The van der Waals surface area contributed by atoms with E-state index in [4.69, 9.17) is 4.74 Å². The van der Waals surface area contributed by atoms with E-state index in [0.29, 0.717) is 12.1 Å². The molecular weight excluding hydrogens is 206 g/mol. The second-order valence-electron chi connectivity index (χ2n) is 4.16. The van der Waals surface area contributed by atoms with E-state index in [9.17, 15) is 0 Å². The Labute approximate surface area is 95.6 Å². The quantitative estimate of drug-likeness (QED) is 0.850. The Kier molecular flexibility index (Phi) is 3.78. The standard InChI is InChI=1S/C12H19NOS/c1-9-5-6-12(15-9)11(13-2)8-10-4-3-7-14-10/h5-6,10-11,13H,3-4,7-8H2,1-2H3. The third-order valence-electron chi connectivity index (χ3n) is 2.98.